The van der Waals surface area contributed by atoms with E-state index in [9.17, 15) is 0 Å². The van der Waals surface area contributed by atoms with E-state index >= 15 is 0 Å². The molecule has 6 nitrogen and oxygen atoms in total. The molecule has 1 unspecified atom stereocenters. The fraction of sp³-hybridized carbons (Fsp3) is 0.417. The van der Waals surface area contributed by atoms with Gasteiger partial charge in [0.15, 0.2) is 0 Å². The van der Waals surface area contributed by atoms with Crippen molar-refractivity contribution in [2.75, 3.05) is 11.4 Å². The molecule has 2 heterocycles. The highest BCUT2D eigenvalue weighted by Gasteiger charge is 2.15. The third-order valence-electron chi connectivity index (χ3n) is 2.59. The highest BCUT2D eigenvalue weighted by atomic mass is 16.4. The Labute approximate surface area is 106 Å². The Hall–Kier alpha value is -1.95. The van der Waals surface area contributed by atoms with E-state index in [1.807, 2.05) is 30.9 Å². The van der Waals surface area contributed by atoms with Crippen molar-refractivity contribution < 1.29 is 4.42 Å². The molecule has 0 fully saturated rings. The first-order chi connectivity index (χ1) is 8.70. The molecule has 0 aliphatic heterocycles. The van der Waals surface area contributed by atoms with Gasteiger partial charge in [-0.3, -0.25) is 4.98 Å². The van der Waals surface area contributed by atoms with Crippen molar-refractivity contribution in [2.45, 2.75) is 26.4 Å². The van der Waals surface area contributed by atoms with Gasteiger partial charge in [-0.2, -0.15) is 0 Å². The van der Waals surface area contributed by atoms with Crippen LogP contribution >= 0.6 is 0 Å². The van der Waals surface area contributed by atoms with Crippen LogP contribution in [0.4, 0.5) is 6.01 Å². The second-order valence-corrected chi connectivity index (χ2v) is 4.08. The van der Waals surface area contributed by atoms with Crippen LogP contribution < -0.4 is 10.6 Å². The SMILES string of the molecule is CCN(Cc1ccncc1)c1nnc(C(C)N)o1. The second-order valence-electron chi connectivity index (χ2n) is 4.08. The lowest BCUT2D eigenvalue weighted by atomic mass is 10.2. The van der Waals surface area contributed by atoms with Gasteiger partial charge in [0, 0.05) is 25.5 Å². The number of hydrogen-bond donors (Lipinski definition) is 1. The van der Waals surface area contributed by atoms with Crippen LogP contribution in [0.2, 0.25) is 0 Å². The molecule has 2 N–H and O–H groups in total. The van der Waals surface area contributed by atoms with Crippen LogP contribution in [0, 0.1) is 0 Å². The highest BCUT2D eigenvalue weighted by Crippen LogP contribution is 2.17. The van der Waals surface area contributed by atoms with E-state index in [0.717, 1.165) is 12.1 Å². The minimum atomic E-state index is -0.245. The summed E-state index contributed by atoms with van der Waals surface area (Å²) in [4.78, 5) is 5.99. The summed E-state index contributed by atoms with van der Waals surface area (Å²) in [5.41, 5.74) is 6.84. The van der Waals surface area contributed by atoms with Crippen LogP contribution in [0.1, 0.15) is 31.3 Å². The van der Waals surface area contributed by atoms with Crippen molar-refractivity contribution in [3.8, 4) is 0 Å². The third-order valence-corrected chi connectivity index (χ3v) is 2.59. The van der Waals surface area contributed by atoms with Gasteiger partial charge in [-0.15, -0.1) is 5.10 Å². The minimum Gasteiger partial charge on any atom is -0.406 e. The Bertz CT molecular complexity index is 482. The second kappa shape index (κ2) is 5.59. The molecule has 0 saturated heterocycles. The smallest absolute Gasteiger partial charge is 0.318 e. The van der Waals surface area contributed by atoms with Crippen molar-refractivity contribution >= 4 is 6.01 Å². The molecule has 18 heavy (non-hydrogen) atoms. The Morgan fingerprint density at radius 3 is 2.61 bits per heavy atom. The van der Waals surface area contributed by atoms with Crippen LogP contribution in [-0.2, 0) is 6.54 Å². The fourth-order valence-corrected chi connectivity index (χ4v) is 1.56. The van der Waals surface area contributed by atoms with Crippen LogP contribution in [0.25, 0.3) is 0 Å². The molecule has 1 atom stereocenters. The van der Waals surface area contributed by atoms with Crippen LogP contribution in [0.5, 0.6) is 0 Å². The zero-order valence-electron chi connectivity index (χ0n) is 10.6. The zero-order chi connectivity index (χ0) is 13.0. The standard InChI is InChI=1S/C12H17N5O/c1-3-17(8-10-4-6-14-7-5-10)12-16-15-11(18-12)9(2)13/h4-7,9H,3,8,13H2,1-2H3. The third kappa shape index (κ3) is 2.84. The van der Waals surface area contributed by atoms with Gasteiger partial charge in [-0.05, 0) is 31.5 Å². The molecule has 0 radical (unpaired) electrons. The predicted molar refractivity (Wildman–Crippen MR) is 67.9 cm³/mol. The topological polar surface area (TPSA) is 81.1 Å². The summed E-state index contributed by atoms with van der Waals surface area (Å²) in [5, 5.41) is 7.95. The lowest BCUT2D eigenvalue weighted by Crippen LogP contribution is -2.22. The zero-order valence-corrected chi connectivity index (χ0v) is 10.6. The maximum Gasteiger partial charge on any atom is 0.318 e. The van der Waals surface area contributed by atoms with Crippen molar-refractivity contribution in [3.05, 3.63) is 36.0 Å². The average molecular weight is 247 g/mol. The van der Waals surface area contributed by atoms with Gasteiger partial charge in [-0.25, -0.2) is 0 Å². The molecule has 0 aliphatic rings. The molecule has 0 aromatic carbocycles. The molecule has 2 aromatic rings. The minimum absolute atomic E-state index is 0.245. The van der Waals surface area contributed by atoms with Gasteiger partial charge in [-0.1, -0.05) is 5.10 Å². The number of pyridine rings is 1. The number of rotatable bonds is 5. The summed E-state index contributed by atoms with van der Waals surface area (Å²) in [6.45, 7) is 5.34. The van der Waals surface area contributed by atoms with Crippen LogP contribution in [0.3, 0.4) is 0 Å². The van der Waals surface area contributed by atoms with E-state index in [1.165, 1.54) is 0 Å². The largest absolute Gasteiger partial charge is 0.406 e. The number of hydrogen-bond acceptors (Lipinski definition) is 6. The summed E-state index contributed by atoms with van der Waals surface area (Å²) in [5.74, 6) is 0.457. The first kappa shape index (κ1) is 12.5. The van der Waals surface area contributed by atoms with Gasteiger partial charge in [0.1, 0.15) is 0 Å². The van der Waals surface area contributed by atoms with E-state index in [-0.39, 0.29) is 6.04 Å². The molecule has 6 heteroatoms. The normalized spacial score (nSPS) is 12.4. The highest BCUT2D eigenvalue weighted by molar-refractivity contribution is 5.27. The lowest BCUT2D eigenvalue weighted by molar-refractivity contribution is 0.456. The van der Waals surface area contributed by atoms with Gasteiger partial charge in [0.05, 0.1) is 6.04 Å². The monoisotopic (exact) mass is 247 g/mol. The molecule has 2 aromatic heterocycles. The molecule has 0 bridgehead atoms. The summed E-state index contributed by atoms with van der Waals surface area (Å²) in [6, 6.07) is 4.18. The molecule has 0 spiro atoms. The van der Waals surface area contributed by atoms with Crippen molar-refractivity contribution in [1.29, 1.82) is 0 Å². The molecule has 0 aliphatic carbocycles. The number of aromatic nitrogens is 3. The Kier molecular flexibility index (Phi) is 3.88. The average Bonchev–Trinajstić information content (AvgIpc) is 2.87. The lowest BCUT2D eigenvalue weighted by Gasteiger charge is -2.17. The summed E-state index contributed by atoms with van der Waals surface area (Å²) >= 11 is 0. The van der Waals surface area contributed by atoms with Gasteiger partial charge in [0.2, 0.25) is 5.89 Å². The number of anilines is 1. The maximum atomic E-state index is 5.70. The van der Waals surface area contributed by atoms with Gasteiger partial charge in [0.25, 0.3) is 0 Å². The summed E-state index contributed by atoms with van der Waals surface area (Å²) in [6.07, 6.45) is 3.54. The Morgan fingerprint density at radius 2 is 2.06 bits per heavy atom. The van der Waals surface area contributed by atoms with Crippen LogP contribution in [0.15, 0.2) is 28.9 Å². The first-order valence-corrected chi connectivity index (χ1v) is 5.93. The molecule has 2 rings (SSSR count). The number of nitrogens with zero attached hydrogens (tertiary/aromatic N) is 4. The first-order valence-electron chi connectivity index (χ1n) is 5.93. The Balaban J connectivity index is 2.13. The van der Waals surface area contributed by atoms with E-state index in [2.05, 4.69) is 15.2 Å². The van der Waals surface area contributed by atoms with Gasteiger partial charge < -0.3 is 15.1 Å². The molecule has 0 amide bonds. The van der Waals surface area contributed by atoms with Crippen LogP contribution in [-0.4, -0.2) is 21.7 Å². The van der Waals surface area contributed by atoms with E-state index < -0.39 is 0 Å². The van der Waals surface area contributed by atoms with Crippen molar-refractivity contribution in [3.63, 3.8) is 0 Å². The van der Waals surface area contributed by atoms with Crippen molar-refractivity contribution in [2.24, 2.45) is 5.73 Å². The van der Waals surface area contributed by atoms with E-state index in [0.29, 0.717) is 18.5 Å². The molecular weight excluding hydrogens is 230 g/mol. The molecule has 96 valence electrons. The summed E-state index contributed by atoms with van der Waals surface area (Å²) in [7, 11) is 0. The van der Waals surface area contributed by atoms with E-state index in [4.69, 9.17) is 10.2 Å². The van der Waals surface area contributed by atoms with E-state index in [1.54, 1.807) is 12.4 Å². The van der Waals surface area contributed by atoms with Crippen molar-refractivity contribution in [1.82, 2.24) is 15.2 Å². The quantitative estimate of drug-likeness (QED) is 0.862. The Morgan fingerprint density at radius 1 is 1.33 bits per heavy atom. The fourth-order valence-electron chi connectivity index (χ4n) is 1.56. The predicted octanol–water partition coefficient (Wildman–Crippen LogP) is 1.51. The number of nitrogens with two attached hydrogens (primary N) is 1. The molecule has 0 saturated carbocycles. The van der Waals surface area contributed by atoms with Gasteiger partial charge >= 0.3 is 6.01 Å². The summed E-state index contributed by atoms with van der Waals surface area (Å²) < 4.78 is 5.53. The molecular formula is C12H17N5O. The maximum absolute atomic E-state index is 5.70.